The molecule has 0 saturated heterocycles. The van der Waals surface area contributed by atoms with Gasteiger partial charge < -0.3 is 30.0 Å². The third kappa shape index (κ3) is 4.61. The Morgan fingerprint density at radius 3 is 1.27 bits per heavy atom. The second-order valence-electron chi connectivity index (χ2n) is 7.99. The Balaban J connectivity index is 0.000000168. The minimum atomic E-state index is -1.33. The van der Waals surface area contributed by atoms with Crippen LogP contribution in [0.2, 0.25) is 0 Å². The Hall–Kier alpha value is -5.07. The van der Waals surface area contributed by atoms with Crippen molar-refractivity contribution in [2.75, 3.05) is 0 Å². The van der Waals surface area contributed by atoms with Gasteiger partial charge in [-0.2, -0.15) is 0 Å². The SMILES string of the molecule is O=C([O-])c1ccc2ccc3cccc(O)c3c2n1.O=C([O-])c1ccc2ccc3cccc(O)c3c2n1.[Be+2]. The first-order valence-electron chi connectivity index (χ1n) is 10.8. The van der Waals surface area contributed by atoms with E-state index in [1.165, 1.54) is 12.1 Å². The number of aromatic carboxylic acids is 2. The number of pyridine rings is 2. The standard InChI is InChI=1S/2C14H9NO3.Be/c2*16-11-3-1-2-8-4-5-9-6-7-10(14(17)18)15-13(9)12(8)11;/h2*1-7,16H,(H,17,18);/q;;+2/p-2. The molecule has 0 aliphatic rings. The number of phenols is 2. The number of carbonyl (C=O) groups excluding carboxylic acids is 2. The number of fused-ring (bicyclic) bond motifs is 6. The molecule has 4 aromatic carbocycles. The fourth-order valence-corrected chi connectivity index (χ4v) is 4.10. The number of phenolic OH excluding ortho intramolecular Hbond substituents is 2. The molecule has 0 radical (unpaired) electrons. The van der Waals surface area contributed by atoms with Gasteiger partial charge in [0.05, 0.1) is 34.4 Å². The number of rotatable bonds is 2. The van der Waals surface area contributed by atoms with E-state index in [0.29, 0.717) is 21.8 Å². The first kappa shape index (κ1) is 25.0. The predicted octanol–water partition coefficient (Wildman–Crippen LogP) is 2.53. The molecule has 0 saturated carbocycles. The van der Waals surface area contributed by atoms with Crippen LogP contribution < -0.4 is 10.2 Å². The van der Waals surface area contributed by atoms with Crippen LogP contribution >= 0.6 is 0 Å². The van der Waals surface area contributed by atoms with Crippen molar-refractivity contribution in [1.82, 2.24) is 9.97 Å². The number of carboxylic acid groups (broad SMARTS) is 2. The number of carbonyl (C=O) groups is 2. The van der Waals surface area contributed by atoms with E-state index in [1.807, 2.05) is 36.4 Å². The second-order valence-corrected chi connectivity index (χ2v) is 7.99. The Morgan fingerprint density at radius 2 is 0.892 bits per heavy atom. The van der Waals surface area contributed by atoms with E-state index < -0.39 is 11.9 Å². The average molecular weight is 485 g/mol. The summed E-state index contributed by atoms with van der Waals surface area (Å²) in [6, 6.07) is 23.7. The molecular weight excluding hydrogens is 469 g/mol. The molecule has 0 atom stereocenters. The average Bonchev–Trinajstić information content (AvgIpc) is 2.88. The fraction of sp³-hybridized carbons (Fsp3) is 0. The Morgan fingerprint density at radius 1 is 0.541 bits per heavy atom. The predicted molar refractivity (Wildman–Crippen MR) is 136 cm³/mol. The molecule has 0 amide bonds. The molecule has 2 N–H and O–H groups in total. The van der Waals surface area contributed by atoms with E-state index in [9.17, 15) is 30.0 Å². The molecule has 6 aromatic rings. The second kappa shape index (κ2) is 9.89. The minimum Gasteiger partial charge on any atom is -0.543 e. The molecule has 176 valence electrons. The van der Waals surface area contributed by atoms with Gasteiger partial charge in [-0.3, -0.25) is 0 Å². The molecular formula is C28H16BeN2O6. The van der Waals surface area contributed by atoms with Crippen molar-refractivity contribution in [2.45, 2.75) is 0 Å². The van der Waals surface area contributed by atoms with Gasteiger partial charge in [-0.15, -0.1) is 0 Å². The topological polar surface area (TPSA) is 146 Å². The summed E-state index contributed by atoms with van der Waals surface area (Å²) in [6.45, 7) is 0. The summed E-state index contributed by atoms with van der Waals surface area (Å²) in [4.78, 5) is 29.7. The summed E-state index contributed by atoms with van der Waals surface area (Å²) in [7, 11) is 0. The first-order chi connectivity index (χ1) is 17.3. The van der Waals surface area contributed by atoms with Gasteiger partial charge in [0.1, 0.15) is 11.5 Å². The molecule has 0 unspecified atom stereocenters. The smallest absolute Gasteiger partial charge is 0.543 e. The quantitative estimate of drug-likeness (QED) is 0.281. The molecule has 8 nitrogen and oxygen atoms in total. The third-order valence-corrected chi connectivity index (χ3v) is 5.78. The molecule has 2 aromatic heterocycles. The van der Waals surface area contributed by atoms with Crippen molar-refractivity contribution in [3.05, 3.63) is 96.3 Å². The summed E-state index contributed by atoms with van der Waals surface area (Å²) < 4.78 is 0. The Bertz CT molecular complexity index is 1700. The van der Waals surface area contributed by atoms with Crippen LogP contribution in [0, 0.1) is 0 Å². The van der Waals surface area contributed by atoms with Crippen LogP contribution in [0.5, 0.6) is 11.5 Å². The van der Waals surface area contributed by atoms with Crippen LogP contribution in [0.15, 0.2) is 84.9 Å². The maximum absolute atomic E-state index is 10.8. The molecule has 37 heavy (non-hydrogen) atoms. The van der Waals surface area contributed by atoms with Gasteiger partial charge in [-0.25, -0.2) is 9.97 Å². The van der Waals surface area contributed by atoms with Crippen molar-refractivity contribution in [2.24, 2.45) is 0 Å². The van der Waals surface area contributed by atoms with Gasteiger partial charge in [-0.1, -0.05) is 60.7 Å². The van der Waals surface area contributed by atoms with Crippen LogP contribution in [0.25, 0.3) is 43.4 Å². The van der Waals surface area contributed by atoms with Crippen molar-refractivity contribution in [3.63, 3.8) is 0 Å². The van der Waals surface area contributed by atoms with Crippen LogP contribution in [-0.4, -0.2) is 42.2 Å². The molecule has 0 fully saturated rings. The van der Waals surface area contributed by atoms with Gasteiger partial charge in [0.15, 0.2) is 0 Å². The van der Waals surface area contributed by atoms with Crippen molar-refractivity contribution in [3.8, 4) is 11.5 Å². The third-order valence-electron chi connectivity index (χ3n) is 5.78. The zero-order valence-corrected chi connectivity index (χ0v) is 19.2. The number of aromatic nitrogens is 2. The van der Waals surface area contributed by atoms with E-state index in [-0.39, 0.29) is 33.0 Å². The van der Waals surface area contributed by atoms with Crippen molar-refractivity contribution in [1.29, 1.82) is 0 Å². The number of hydrogen-bond acceptors (Lipinski definition) is 8. The molecule has 0 bridgehead atoms. The normalized spacial score (nSPS) is 10.6. The summed E-state index contributed by atoms with van der Waals surface area (Å²) in [6.07, 6.45) is 0. The van der Waals surface area contributed by atoms with Crippen molar-refractivity contribution >= 4 is 65.4 Å². The van der Waals surface area contributed by atoms with E-state index in [1.54, 1.807) is 36.4 Å². The molecule has 0 spiro atoms. The van der Waals surface area contributed by atoms with E-state index in [2.05, 4.69) is 9.97 Å². The van der Waals surface area contributed by atoms with Crippen LogP contribution in [0.1, 0.15) is 21.0 Å². The zero-order chi connectivity index (χ0) is 25.4. The largest absolute Gasteiger partial charge is 2.00 e. The number of benzene rings is 4. The molecule has 0 aliphatic carbocycles. The van der Waals surface area contributed by atoms with E-state index in [0.717, 1.165) is 21.5 Å². The van der Waals surface area contributed by atoms with E-state index in [4.69, 9.17) is 0 Å². The van der Waals surface area contributed by atoms with E-state index >= 15 is 0 Å². The Labute approximate surface area is 213 Å². The van der Waals surface area contributed by atoms with Gasteiger partial charge >= 0.3 is 10.1 Å². The summed E-state index contributed by atoms with van der Waals surface area (Å²) in [5.41, 5.74) is 0.649. The maximum Gasteiger partial charge on any atom is 2.00 e. The number of hydrogen-bond donors (Lipinski definition) is 2. The molecule has 6 rings (SSSR count). The summed E-state index contributed by atoms with van der Waals surface area (Å²) >= 11 is 0. The van der Waals surface area contributed by atoms with Gasteiger partial charge in [0, 0.05) is 21.5 Å². The number of aromatic hydroxyl groups is 2. The maximum atomic E-state index is 10.8. The summed E-state index contributed by atoms with van der Waals surface area (Å²) in [5, 5.41) is 45.7. The molecule has 2 heterocycles. The van der Waals surface area contributed by atoms with Gasteiger partial charge in [0.2, 0.25) is 0 Å². The van der Waals surface area contributed by atoms with Crippen molar-refractivity contribution < 1.29 is 30.0 Å². The van der Waals surface area contributed by atoms with Gasteiger partial charge in [-0.05, 0) is 35.0 Å². The first-order valence-corrected chi connectivity index (χ1v) is 10.8. The zero-order valence-electron chi connectivity index (χ0n) is 19.2. The van der Waals surface area contributed by atoms with Crippen LogP contribution in [0.3, 0.4) is 0 Å². The van der Waals surface area contributed by atoms with Gasteiger partial charge in [0.25, 0.3) is 0 Å². The fourth-order valence-electron chi connectivity index (χ4n) is 4.10. The minimum absolute atomic E-state index is 0. The Kier molecular flexibility index (Phi) is 6.69. The molecule has 0 aliphatic heterocycles. The summed E-state index contributed by atoms with van der Waals surface area (Å²) in [5.74, 6) is -2.49. The monoisotopic (exact) mass is 485 g/mol. The van der Waals surface area contributed by atoms with Crippen LogP contribution in [-0.2, 0) is 0 Å². The number of nitrogens with zero attached hydrogens (tertiary/aromatic N) is 2. The molecule has 9 heteroatoms. The number of carboxylic acids is 2. The van der Waals surface area contributed by atoms with Crippen LogP contribution in [0.4, 0.5) is 0 Å².